The van der Waals surface area contributed by atoms with Crippen molar-refractivity contribution in [2.24, 2.45) is 0 Å². The van der Waals surface area contributed by atoms with Crippen molar-refractivity contribution >= 4 is 5.82 Å². The second kappa shape index (κ2) is 9.23. The van der Waals surface area contributed by atoms with Crippen LogP contribution in [0.25, 0.3) is 0 Å². The van der Waals surface area contributed by atoms with E-state index in [1.165, 1.54) is 0 Å². The lowest BCUT2D eigenvalue weighted by atomic mass is 10.1. The number of nitrogens with zero attached hydrogens (tertiary/aromatic N) is 1. The third-order valence-electron chi connectivity index (χ3n) is 2.31. The van der Waals surface area contributed by atoms with Crippen molar-refractivity contribution in [3.63, 3.8) is 0 Å². The second-order valence-electron chi connectivity index (χ2n) is 3.74. The highest BCUT2D eigenvalue weighted by Gasteiger charge is 1.99. The summed E-state index contributed by atoms with van der Waals surface area (Å²) in [7, 11) is 0. The van der Waals surface area contributed by atoms with Gasteiger partial charge in [0, 0.05) is 5.69 Å². The van der Waals surface area contributed by atoms with Crippen LogP contribution >= 0.6 is 0 Å². The maximum absolute atomic E-state index is 5.69. The average Bonchev–Trinajstić information content (AvgIpc) is 2.36. The SMILES string of the molecule is C=C/C=C(\C=C)CCc1cc(C)cc(N)n1.CC. The minimum Gasteiger partial charge on any atom is -0.384 e. The predicted octanol–water partition coefficient (Wildman–Crippen LogP) is 4.23. The van der Waals surface area contributed by atoms with E-state index in [0.717, 1.165) is 29.7 Å². The van der Waals surface area contributed by atoms with Gasteiger partial charge in [-0.2, -0.15) is 0 Å². The Morgan fingerprint density at radius 1 is 1.33 bits per heavy atom. The monoisotopic (exact) mass is 244 g/mol. The first-order chi connectivity index (χ1) is 8.65. The molecule has 0 saturated heterocycles. The molecule has 0 saturated carbocycles. The Morgan fingerprint density at radius 2 is 2.00 bits per heavy atom. The summed E-state index contributed by atoms with van der Waals surface area (Å²) in [6, 6.07) is 3.93. The average molecular weight is 244 g/mol. The molecule has 2 heteroatoms. The van der Waals surface area contributed by atoms with E-state index in [1.807, 2.05) is 39.0 Å². The van der Waals surface area contributed by atoms with Crippen LogP contribution in [-0.2, 0) is 6.42 Å². The molecule has 1 heterocycles. The van der Waals surface area contributed by atoms with E-state index in [-0.39, 0.29) is 0 Å². The van der Waals surface area contributed by atoms with Gasteiger partial charge in [0.25, 0.3) is 0 Å². The Balaban J connectivity index is 0.00000137. The first-order valence-corrected chi connectivity index (χ1v) is 6.32. The van der Waals surface area contributed by atoms with Crippen LogP contribution in [0.5, 0.6) is 0 Å². The van der Waals surface area contributed by atoms with Crippen LogP contribution in [0.1, 0.15) is 31.5 Å². The summed E-state index contributed by atoms with van der Waals surface area (Å²) in [4.78, 5) is 4.29. The molecule has 0 bridgehead atoms. The minimum absolute atomic E-state index is 0.586. The van der Waals surface area contributed by atoms with E-state index in [9.17, 15) is 0 Å². The van der Waals surface area contributed by atoms with Crippen molar-refractivity contribution in [3.05, 3.63) is 60.3 Å². The van der Waals surface area contributed by atoms with E-state index in [2.05, 4.69) is 24.2 Å². The number of allylic oxidation sites excluding steroid dienone is 4. The summed E-state index contributed by atoms with van der Waals surface area (Å²) in [5, 5.41) is 0. The molecule has 0 atom stereocenters. The van der Waals surface area contributed by atoms with Crippen LogP contribution in [0.2, 0.25) is 0 Å². The van der Waals surface area contributed by atoms with Crippen LogP contribution in [0.15, 0.2) is 49.1 Å². The summed E-state index contributed by atoms with van der Waals surface area (Å²) in [5.74, 6) is 0.586. The smallest absolute Gasteiger partial charge is 0.123 e. The number of hydrogen-bond donors (Lipinski definition) is 1. The summed E-state index contributed by atoms with van der Waals surface area (Å²) in [6.07, 6.45) is 7.37. The van der Waals surface area contributed by atoms with Crippen LogP contribution in [0.4, 0.5) is 5.82 Å². The zero-order chi connectivity index (χ0) is 14.0. The lowest BCUT2D eigenvalue weighted by Gasteiger charge is -2.04. The molecule has 0 aromatic carbocycles. The molecule has 1 rings (SSSR count). The van der Waals surface area contributed by atoms with Gasteiger partial charge in [0.05, 0.1) is 0 Å². The quantitative estimate of drug-likeness (QED) is 0.787. The number of anilines is 1. The number of nitrogen functional groups attached to an aromatic ring is 1. The fraction of sp³-hybridized carbons (Fsp3) is 0.312. The molecular formula is C16H24N2. The maximum Gasteiger partial charge on any atom is 0.123 e. The van der Waals surface area contributed by atoms with Gasteiger partial charge in [0.1, 0.15) is 5.82 Å². The van der Waals surface area contributed by atoms with Gasteiger partial charge >= 0.3 is 0 Å². The second-order valence-corrected chi connectivity index (χ2v) is 3.74. The number of aromatic nitrogens is 1. The van der Waals surface area contributed by atoms with Gasteiger partial charge in [-0.3, -0.25) is 0 Å². The molecule has 1 aromatic heterocycles. The highest BCUT2D eigenvalue weighted by Crippen LogP contribution is 2.12. The Morgan fingerprint density at radius 3 is 2.50 bits per heavy atom. The van der Waals surface area contributed by atoms with Crippen molar-refractivity contribution in [2.45, 2.75) is 33.6 Å². The summed E-state index contributed by atoms with van der Waals surface area (Å²) in [6.45, 7) is 13.5. The van der Waals surface area contributed by atoms with E-state index in [0.29, 0.717) is 5.82 Å². The fourth-order valence-electron chi connectivity index (χ4n) is 1.57. The molecule has 98 valence electrons. The van der Waals surface area contributed by atoms with E-state index >= 15 is 0 Å². The molecule has 0 amide bonds. The molecule has 1 aromatic rings. The highest BCUT2D eigenvalue weighted by molar-refractivity contribution is 5.34. The van der Waals surface area contributed by atoms with E-state index in [1.54, 1.807) is 6.08 Å². The van der Waals surface area contributed by atoms with Crippen molar-refractivity contribution < 1.29 is 0 Å². The lowest BCUT2D eigenvalue weighted by Crippen LogP contribution is -1.97. The molecule has 0 fully saturated rings. The molecule has 0 aliphatic carbocycles. The number of aryl methyl sites for hydroxylation is 2. The van der Waals surface area contributed by atoms with Crippen molar-refractivity contribution in [3.8, 4) is 0 Å². The third-order valence-corrected chi connectivity index (χ3v) is 2.31. The molecule has 0 spiro atoms. The number of hydrogen-bond acceptors (Lipinski definition) is 2. The summed E-state index contributed by atoms with van der Waals surface area (Å²) in [5.41, 5.74) is 9.03. The van der Waals surface area contributed by atoms with Crippen LogP contribution in [0, 0.1) is 6.92 Å². The molecule has 18 heavy (non-hydrogen) atoms. The third kappa shape index (κ3) is 6.04. The van der Waals surface area contributed by atoms with E-state index < -0.39 is 0 Å². The van der Waals surface area contributed by atoms with Crippen molar-refractivity contribution in [2.75, 3.05) is 5.73 Å². The molecule has 0 aliphatic heterocycles. The Bertz CT molecular complexity index is 397. The predicted molar refractivity (Wildman–Crippen MR) is 81.5 cm³/mol. The fourth-order valence-corrected chi connectivity index (χ4v) is 1.57. The first kappa shape index (κ1) is 16.2. The van der Waals surface area contributed by atoms with Crippen LogP contribution in [-0.4, -0.2) is 4.98 Å². The zero-order valence-corrected chi connectivity index (χ0v) is 11.7. The van der Waals surface area contributed by atoms with Gasteiger partial charge in [-0.05, 0) is 43.0 Å². The van der Waals surface area contributed by atoms with Gasteiger partial charge in [-0.15, -0.1) is 0 Å². The van der Waals surface area contributed by atoms with Crippen LogP contribution < -0.4 is 5.73 Å². The van der Waals surface area contributed by atoms with Gasteiger partial charge in [-0.1, -0.05) is 45.2 Å². The zero-order valence-electron chi connectivity index (χ0n) is 11.7. The Kier molecular flexibility index (Phi) is 8.29. The number of rotatable bonds is 5. The first-order valence-electron chi connectivity index (χ1n) is 6.32. The minimum atomic E-state index is 0.586. The van der Waals surface area contributed by atoms with Crippen LogP contribution in [0.3, 0.4) is 0 Å². The normalized spacial score (nSPS) is 10.3. The molecular weight excluding hydrogens is 220 g/mol. The summed E-state index contributed by atoms with van der Waals surface area (Å²) >= 11 is 0. The van der Waals surface area contributed by atoms with E-state index in [4.69, 9.17) is 5.73 Å². The number of pyridine rings is 1. The number of nitrogens with two attached hydrogens (primary N) is 1. The molecule has 0 aliphatic rings. The molecule has 2 nitrogen and oxygen atoms in total. The molecule has 0 unspecified atom stereocenters. The maximum atomic E-state index is 5.69. The highest BCUT2D eigenvalue weighted by atomic mass is 14.8. The lowest BCUT2D eigenvalue weighted by molar-refractivity contribution is 0.918. The Labute approximate surface area is 111 Å². The van der Waals surface area contributed by atoms with Gasteiger partial charge < -0.3 is 5.73 Å². The Hall–Kier alpha value is -1.83. The topological polar surface area (TPSA) is 38.9 Å². The van der Waals surface area contributed by atoms with Gasteiger partial charge in [-0.25, -0.2) is 4.98 Å². The largest absolute Gasteiger partial charge is 0.384 e. The van der Waals surface area contributed by atoms with Gasteiger partial charge in [0.2, 0.25) is 0 Å². The van der Waals surface area contributed by atoms with Crippen molar-refractivity contribution in [1.29, 1.82) is 0 Å². The molecule has 0 radical (unpaired) electrons. The van der Waals surface area contributed by atoms with Gasteiger partial charge in [0.15, 0.2) is 0 Å². The van der Waals surface area contributed by atoms with Crippen molar-refractivity contribution in [1.82, 2.24) is 4.98 Å². The molecule has 2 N–H and O–H groups in total. The standard InChI is InChI=1S/C14H18N2.C2H6/c1-4-6-12(5-2)7-8-13-9-11(3)10-14(15)16-13;1-2/h4-6,9-10H,1-2,7-8H2,3H3,(H2,15,16);1-2H3/b12-6+;. The summed E-state index contributed by atoms with van der Waals surface area (Å²) < 4.78 is 0.